The SMILES string of the molecule is Cc1cc(C)c(-c2c(C)nn3c2nc(C)c2ccn(-c4ccccc4)c23)c(C)c1. The van der Waals surface area contributed by atoms with Crippen LogP contribution >= 0.6 is 0 Å². The largest absolute Gasteiger partial charge is 0.301 e. The summed E-state index contributed by atoms with van der Waals surface area (Å²) in [5.41, 5.74) is 11.3. The minimum absolute atomic E-state index is 0.915. The molecule has 0 spiro atoms. The molecule has 4 heteroatoms. The van der Waals surface area contributed by atoms with Gasteiger partial charge >= 0.3 is 0 Å². The van der Waals surface area contributed by atoms with Gasteiger partial charge in [0.05, 0.1) is 17.0 Å². The van der Waals surface area contributed by atoms with Crippen LogP contribution in [0.2, 0.25) is 0 Å². The molecule has 0 unspecified atom stereocenters. The second-order valence-corrected chi connectivity index (χ2v) is 7.93. The number of rotatable bonds is 2. The van der Waals surface area contributed by atoms with E-state index in [-0.39, 0.29) is 0 Å². The maximum absolute atomic E-state index is 5.00. The minimum atomic E-state index is 0.915. The molecule has 0 N–H and O–H groups in total. The van der Waals surface area contributed by atoms with Crippen molar-refractivity contribution in [1.82, 2.24) is 19.2 Å². The van der Waals surface area contributed by atoms with E-state index in [2.05, 4.69) is 87.8 Å². The van der Waals surface area contributed by atoms with Crippen LogP contribution in [0.3, 0.4) is 0 Å². The Balaban J connectivity index is 1.91. The van der Waals surface area contributed by atoms with Crippen LogP contribution in [0.4, 0.5) is 0 Å². The maximum Gasteiger partial charge on any atom is 0.165 e. The molecule has 29 heavy (non-hydrogen) atoms. The first-order valence-corrected chi connectivity index (χ1v) is 9.96. The van der Waals surface area contributed by atoms with Crippen molar-refractivity contribution in [1.29, 1.82) is 0 Å². The highest BCUT2D eigenvalue weighted by atomic mass is 15.3. The van der Waals surface area contributed by atoms with Gasteiger partial charge in [0.1, 0.15) is 5.65 Å². The second kappa shape index (κ2) is 6.31. The Morgan fingerprint density at radius 2 is 1.45 bits per heavy atom. The van der Waals surface area contributed by atoms with Crippen molar-refractivity contribution >= 4 is 16.7 Å². The summed E-state index contributed by atoms with van der Waals surface area (Å²) in [6, 6.07) is 17.0. The van der Waals surface area contributed by atoms with Crippen LogP contribution in [0, 0.1) is 34.6 Å². The monoisotopic (exact) mass is 380 g/mol. The van der Waals surface area contributed by atoms with Gasteiger partial charge in [-0.05, 0) is 69.5 Å². The lowest BCUT2D eigenvalue weighted by Crippen LogP contribution is -2.02. The van der Waals surface area contributed by atoms with Crippen molar-refractivity contribution in [2.45, 2.75) is 34.6 Å². The zero-order valence-electron chi connectivity index (χ0n) is 17.5. The van der Waals surface area contributed by atoms with Crippen LogP contribution in [0.15, 0.2) is 54.7 Å². The second-order valence-electron chi connectivity index (χ2n) is 7.93. The van der Waals surface area contributed by atoms with E-state index in [4.69, 9.17) is 10.1 Å². The molecule has 0 fully saturated rings. The molecule has 0 amide bonds. The van der Waals surface area contributed by atoms with Crippen molar-refractivity contribution in [3.8, 4) is 16.8 Å². The molecule has 4 nitrogen and oxygen atoms in total. The summed E-state index contributed by atoms with van der Waals surface area (Å²) in [6.45, 7) is 10.7. The molecule has 0 aliphatic rings. The summed E-state index contributed by atoms with van der Waals surface area (Å²) in [4.78, 5) is 5.00. The minimum Gasteiger partial charge on any atom is -0.301 e. The van der Waals surface area contributed by atoms with Gasteiger partial charge < -0.3 is 4.57 Å². The zero-order chi connectivity index (χ0) is 20.3. The van der Waals surface area contributed by atoms with Crippen LogP contribution in [0.5, 0.6) is 0 Å². The van der Waals surface area contributed by atoms with Gasteiger partial charge in [-0.1, -0.05) is 35.9 Å². The van der Waals surface area contributed by atoms with Crippen LogP contribution in [0.1, 0.15) is 28.1 Å². The van der Waals surface area contributed by atoms with Crippen molar-refractivity contribution in [2.24, 2.45) is 0 Å². The Morgan fingerprint density at radius 1 is 0.759 bits per heavy atom. The van der Waals surface area contributed by atoms with E-state index in [0.717, 1.165) is 39.3 Å². The lowest BCUT2D eigenvalue weighted by Gasteiger charge is -2.12. The number of hydrogen-bond donors (Lipinski definition) is 0. The molecule has 5 rings (SSSR count). The fraction of sp³-hybridized carbons (Fsp3) is 0.200. The zero-order valence-corrected chi connectivity index (χ0v) is 17.5. The molecule has 144 valence electrons. The van der Waals surface area contributed by atoms with E-state index in [0.29, 0.717) is 0 Å². The highest BCUT2D eigenvalue weighted by Gasteiger charge is 2.21. The van der Waals surface area contributed by atoms with Gasteiger partial charge in [-0.15, -0.1) is 0 Å². The predicted octanol–water partition coefficient (Wildman–Crippen LogP) is 5.88. The van der Waals surface area contributed by atoms with E-state index in [1.54, 1.807) is 0 Å². The van der Waals surface area contributed by atoms with E-state index >= 15 is 0 Å². The highest BCUT2D eigenvalue weighted by Crippen LogP contribution is 2.35. The first-order valence-electron chi connectivity index (χ1n) is 9.96. The molecule has 0 saturated heterocycles. The summed E-state index contributed by atoms with van der Waals surface area (Å²) >= 11 is 0. The number of aromatic nitrogens is 4. The first-order chi connectivity index (χ1) is 14.0. The summed E-state index contributed by atoms with van der Waals surface area (Å²) in [5, 5.41) is 6.07. The summed E-state index contributed by atoms with van der Waals surface area (Å²) < 4.78 is 4.21. The Labute approximate surface area is 170 Å². The molecule has 5 aromatic rings. The van der Waals surface area contributed by atoms with E-state index in [1.807, 2.05) is 10.6 Å². The number of nitrogens with zero attached hydrogens (tertiary/aromatic N) is 4. The Kier molecular flexibility index (Phi) is 3.85. The van der Waals surface area contributed by atoms with Crippen molar-refractivity contribution in [3.63, 3.8) is 0 Å². The Morgan fingerprint density at radius 3 is 2.14 bits per heavy atom. The molecule has 0 saturated carbocycles. The molecule has 0 bridgehead atoms. The van der Waals surface area contributed by atoms with Crippen molar-refractivity contribution in [2.75, 3.05) is 0 Å². The van der Waals surface area contributed by atoms with Gasteiger partial charge in [-0.3, -0.25) is 0 Å². The van der Waals surface area contributed by atoms with Crippen LogP contribution in [-0.4, -0.2) is 19.2 Å². The number of para-hydroxylation sites is 1. The van der Waals surface area contributed by atoms with Gasteiger partial charge in [-0.2, -0.15) is 9.61 Å². The molecular formula is C25H24N4. The number of benzene rings is 2. The number of aryl methyl sites for hydroxylation is 5. The van der Waals surface area contributed by atoms with Gasteiger partial charge in [0.25, 0.3) is 0 Å². The quantitative estimate of drug-likeness (QED) is 0.383. The Bertz CT molecular complexity index is 1360. The fourth-order valence-electron chi connectivity index (χ4n) is 4.57. The normalized spacial score (nSPS) is 11.6. The summed E-state index contributed by atoms with van der Waals surface area (Å²) in [7, 11) is 0. The predicted molar refractivity (Wildman–Crippen MR) is 119 cm³/mol. The standard InChI is InChI=1S/C25H24N4/c1-15-13-16(2)22(17(3)14-15)23-19(5)27-29-24(23)26-18(4)21-11-12-28(25(21)29)20-9-7-6-8-10-20/h6-14H,1-5H3. The Hall–Kier alpha value is -3.40. The molecule has 0 aliphatic carbocycles. The average Bonchev–Trinajstić information content (AvgIpc) is 3.25. The number of hydrogen-bond acceptors (Lipinski definition) is 2. The molecule has 3 aromatic heterocycles. The topological polar surface area (TPSA) is 35.1 Å². The van der Waals surface area contributed by atoms with E-state index in [9.17, 15) is 0 Å². The smallest absolute Gasteiger partial charge is 0.165 e. The maximum atomic E-state index is 5.00. The van der Waals surface area contributed by atoms with Crippen molar-refractivity contribution in [3.05, 3.63) is 82.8 Å². The lowest BCUT2D eigenvalue weighted by atomic mass is 9.94. The molecule has 0 aliphatic heterocycles. The summed E-state index contributed by atoms with van der Waals surface area (Å²) in [6.07, 6.45) is 2.10. The molecule has 3 heterocycles. The third-order valence-electron chi connectivity index (χ3n) is 5.72. The van der Waals surface area contributed by atoms with Gasteiger partial charge in [0.2, 0.25) is 0 Å². The highest BCUT2D eigenvalue weighted by molar-refractivity contribution is 5.90. The van der Waals surface area contributed by atoms with Crippen LogP contribution in [-0.2, 0) is 0 Å². The van der Waals surface area contributed by atoms with E-state index in [1.165, 1.54) is 22.3 Å². The van der Waals surface area contributed by atoms with Crippen LogP contribution in [0.25, 0.3) is 33.5 Å². The first kappa shape index (κ1) is 17.7. The van der Waals surface area contributed by atoms with Gasteiger partial charge in [0, 0.05) is 17.3 Å². The molecule has 0 atom stereocenters. The third-order valence-corrected chi connectivity index (χ3v) is 5.72. The average molecular weight is 380 g/mol. The van der Waals surface area contributed by atoms with Gasteiger partial charge in [-0.25, -0.2) is 4.98 Å². The van der Waals surface area contributed by atoms with Crippen molar-refractivity contribution < 1.29 is 0 Å². The number of fused-ring (bicyclic) bond motifs is 3. The van der Waals surface area contributed by atoms with Gasteiger partial charge in [0.15, 0.2) is 5.65 Å². The molecule has 2 aromatic carbocycles. The van der Waals surface area contributed by atoms with Crippen LogP contribution < -0.4 is 0 Å². The fourth-order valence-corrected chi connectivity index (χ4v) is 4.57. The molecular weight excluding hydrogens is 356 g/mol. The summed E-state index contributed by atoms with van der Waals surface area (Å²) in [5.74, 6) is 0. The molecule has 0 radical (unpaired) electrons. The van der Waals surface area contributed by atoms with E-state index < -0.39 is 0 Å². The lowest BCUT2D eigenvalue weighted by molar-refractivity contribution is 0.913. The third kappa shape index (κ3) is 2.59.